The van der Waals surface area contributed by atoms with Crippen molar-refractivity contribution in [1.82, 2.24) is 10.2 Å². The highest BCUT2D eigenvalue weighted by molar-refractivity contribution is 7.92. The number of anilines is 1. The number of sulfonamides is 1. The molecule has 2 amide bonds. The maximum Gasteiger partial charge on any atom is 0.417 e. The van der Waals surface area contributed by atoms with E-state index in [0.29, 0.717) is 21.5 Å². The number of amides is 2. The van der Waals surface area contributed by atoms with Crippen LogP contribution in [0.15, 0.2) is 72.8 Å². The van der Waals surface area contributed by atoms with Gasteiger partial charge in [0.25, 0.3) is 0 Å². The molecule has 0 radical (unpaired) electrons. The molecule has 0 spiro atoms. The minimum absolute atomic E-state index is 0.0532. The fraction of sp³-hybridized carbons (Fsp3) is 0.286. The van der Waals surface area contributed by atoms with Crippen LogP contribution in [-0.2, 0) is 38.8 Å². The molecule has 0 aliphatic heterocycles. The van der Waals surface area contributed by atoms with Crippen molar-refractivity contribution in [3.63, 3.8) is 0 Å². The summed E-state index contributed by atoms with van der Waals surface area (Å²) in [6.07, 6.45) is -4.08. The van der Waals surface area contributed by atoms with Crippen LogP contribution in [0.4, 0.5) is 23.2 Å². The summed E-state index contributed by atoms with van der Waals surface area (Å²) >= 11 is 5.71. The SMILES string of the molecule is CCNC(=O)C(Cc1ccccc1)N(Cc1ccc(F)cc1)C(=O)CN(c1ccc(Cl)c(C(F)(F)F)c1)S(C)(=O)=O. The molecular weight excluding hydrogens is 586 g/mol. The van der Waals surface area contributed by atoms with Gasteiger partial charge in [-0.3, -0.25) is 13.9 Å². The van der Waals surface area contributed by atoms with E-state index in [1.54, 1.807) is 37.3 Å². The van der Waals surface area contributed by atoms with Crippen LogP contribution in [0.1, 0.15) is 23.6 Å². The molecule has 7 nitrogen and oxygen atoms in total. The van der Waals surface area contributed by atoms with Gasteiger partial charge in [0.15, 0.2) is 0 Å². The first-order valence-corrected chi connectivity index (χ1v) is 14.6. The average molecular weight is 614 g/mol. The summed E-state index contributed by atoms with van der Waals surface area (Å²) in [5, 5.41) is 2.04. The number of carbonyl (C=O) groups excluding carboxylic acids is 2. The summed E-state index contributed by atoms with van der Waals surface area (Å²) < 4.78 is 80.2. The third kappa shape index (κ3) is 8.67. The molecule has 0 aliphatic carbocycles. The summed E-state index contributed by atoms with van der Waals surface area (Å²) in [6, 6.07) is 15.3. The third-order valence-electron chi connectivity index (χ3n) is 6.11. The standard InChI is InChI=1S/C28H28ClF4N3O4S/c1-3-34-27(38)25(15-19-7-5-4-6-8-19)35(17-20-9-11-21(30)12-10-20)26(37)18-36(41(2,39)40)22-13-14-24(29)23(16-22)28(31,32)33/h4-14,16,25H,3,15,17-18H2,1-2H3,(H,34,38). The van der Waals surface area contributed by atoms with Gasteiger partial charge >= 0.3 is 6.18 Å². The van der Waals surface area contributed by atoms with E-state index in [2.05, 4.69) is 5.32 Å². The Balaban J connectivity index is 2.08. The summed E-state index contributed by atoms with van der Waals surface area (Å²) in [5.74, 6) is -1.92. The molecule has 0 bridgehead atoms. The van der Waals surface area contributed by atoms with Crippen LogP contribution >= 0.6 is 11.6 Å². The Morgan fingerprint density at radius 3 is 2.17 bits per heavy atom. The van der Waals surface area contributed by atoms with Gasteiger partial charge in [-0.05, 0) is 48.4 Å². The molecule has 1 unspecified atom stereocenters. The Morgan fingerprint density at radius 2 is 1.61 bits per heavy atom. The average Bonchev–Trinajstić information content (AvgIpc) is 2.90. The number of rotatable bonds is 11. The highest BCUT2D eigenvalue weighted by atomic mass is 35.5. The molecule has 3 rings (SSSR count). The molecule has 0 fully saturated rings. The molecule has 0 heterocycles. The second kappa shape index (κ2) is 13.3. The summed E-state index contributed by atoms with van der Waals surface area (Å²) in [7, 11) is -4.29. The van der Waals surface area contributed by atoms with E-state index >= 15 is 0 Å². The Bertz CT molecular complexity index is 1470. The van der Waals surface area contributed by atoms with Crippen LogP contribution in [0.5, 0.6) is 0 Å². The highest BCUT2D eigenvalue weighted by Crippen LogP contribution is 2.37. The molecule has 1 atom stereocenters. The quantitative estimate of drug-likeness (QED) is 0.307. The number of hydrogen-bond acceptors (Lipinski definition) is 4. The Labute approximate surface area is 240 Å². The number of halogens is 5. The number of carbonyl (C=O) groups is 2. The molecule has 0 aliphatic rings. The fourth-order valence-electron chi connectivity index (χ4n) is 4.13. The summed E-state index contributed by atoms with van der Waals surface area (Å²) in [6.45, 7) is 0.806. The molecule has 0 aromatic heterocycles. The molecular formula is C28H28ClF4N3O4S. The largest absolute Gasteiger partial charge is 0.417 e. The number of hydrogen-bond donors (Lipinski definition) is 1. The van der Waals surface area contributed by atoms with Gasteiger partial charge < -0.3 is 10.2 Å². The predicted molar refractivity (Wildman–Crippen MR) is 148 cm³/mol. The number of likely N-dealkylation sites (N-methyl/N-ethyl adjacent to an activating group) is 1. The molecule has 0 saturated heterocycles. The first kappa shape index (κ1) is 31.9. The van der Waals surface area contributed by atoms with Crippen molar-refractivity contribution in [2.75, 3.05) is 23.7 Å². The summed E-state index contributed by atoms with van der Waals surface area (Å²) in [5.41, 5.74) is -0.561. The van der Waals surface area contributed by atoms with Crippen molar-refractivity contribution in [3.05, 3.63) is 100 Å². The van der Waals surface area contributed by atoms with Crippen molar-refractivity contribution in [1.29, 1.82) is 0 Å². The van der Waals surface area contributed by atoms with Crippen molar-refractivity contribution in [2.45, 2.75) is 32.1 Å². The third-order valence-corrected chi connectivity index (χ3v) is 7.58. The zero-order chi connectivity index (χ0) is 30.4. The van der Waals surface area contributed by atoms with E-state index in [1.165, 1.54) is 24.3 Å². The molecule has 1 N–H and O–H groups in total. The van der Waals surface area contributed by atoms with Crippen LogP contribution in [0.3, 0.4) is 0 Å². The zero-order valence-electron chi connectivity index (χ0n) is 22.2. The smallest absolute Gasteiger partial charge is 0.355 e. The van der Waals surface area contributed by atoms with E-state index < -0.39 is 62.7 Å². The number of benzene rings is 3. The number of nitrogens with zero attached hydrogens (tertiary/aromatic N) is 2. The number of nitrogens with one attached hydrogen (secondary N) is 1. The molecule has 41 heavy (non-hydrogen) atoms. The topological polar surface area (TPSA) is 86.8 Å². The van der Waals surface area contributed by atoms with Gasteiger partial charge in [0.1, 0.15) is 18.4 Å². The monoisotopic (exact) mass is 613 g/mol. The maximum absolute atomic E-state index is 13.9. The van der Waals surface area contributed by atoms with Gasteiger partial charge in [-0.15, -0.1) is 0 Å². The van der Waals surface area contributed by atoms with Crippen LogP contribution in [-0.4, -0.2) is 50.5 Å². The fourth-order valence-corrected chi connectivity index (χ4v) is 5.20. The van der Waals surface area contributed by atoms with Gasteiger partial charge in [-0.25, -0.2) is 12.8 Å². The summed E-state index contributed by atoms with van der Waals surface area (Å²) in [4.78, 5) is 28.2. The van der Waals surface area contributed by atoms with Crippen molar-refractivity contribution in [3.8, 4) is 0 Å². The van der Waals surface area contributed by atoms with Crippen molar-refractivity contribution < 1.29 is 35.6 Å². The van der Waals surface area contributed by atoms with Crippen molar-refractivity contribution >= 4 is 39.1 Å². The molecule has 220 valence electrons. The lowest BCUT2D eigenvalue weighted by Crippen LogP contribution is -2.53. The van der Waals surface area contributed by atoms with Gasteiger partial charge in [0, 0.05) is 19.5 Å². The highest BCUT2D eigenvalue weighted by Gasteiger charge is 2.36. The van der Waals surface area contributed by atoms with E-state index in [0.717, 1.165) is 23.3 Å². The normalized spacial score (nSPS) is 12.5. The second-order valence-corrected chi connectivity index (χ2v) is 11.5. The van der Waals surface area contributed by atoms with E-state index in [4.69, 9.17) is 11.6 Å². The van der Waals surface area contributed by atoms with E-state index in [9.17, 15) is 35.6 Å². The second-order valence-electron chi connectivity index (χ2n) is 9.18. The minimum Gasteiger partial charge on any atom is -0.355 e. The van der Waals surface area contributed by atoms with Gasteiger partial charge in [-0.2, -0.15) is 13.2 Å². The zero-order valence-corrected chi connectivity index (χ0v) is 23.7. The van der Waals surface area contributed by atoms with E-state index in [1.807, 2.05) is 0 Å². The Hall–Kier alpha value is -3.64. The molecule has 3 aromatic rings. The predicted octanol–water partition coefficient (Wildman–Crippen LogP) is 5.04. The van der Waals surface area contributed by atoms with Gasteiger partial charge in [0.05, 0.1) is 22.5 Å². The first-order chi connectivity index (χ1) is 19.2. The van der Waals surface area contributed by atoms with Crippen LogP contribution in [0.25, 0.3) is 0 Å². The lowest BCUT2D eigenvalue weighted by molar-refractivity contribution is -0.140. The van der Waals surface area contributed by atoms with E-state index in [-0.39, 0.29) is 19.5 Å². The van der Waals surface area contributed by atoms with Gasteiger partial charge in [-0.1, -0.05) is 54.1 Å². The minimum atomic E-state index is -4.88. The van der Waals surface area contributed by atoms with Crippen LogP contribution in [0.2, 0.25) is 5.02 Å². The molecule has 13 heteroatoms. The lowest BCUT2D eigenvalue weighted by Gasteiger charge is -2.33. The van der Waals surface area contributed by atoms with Crippen LogP contribution < -0.4 is 9.62 Å². The Kier molecular flexibility index (Phi) is 10.4. The molecule has 3 aromatic carbocycles. The van der Waals surface area contributed by atoms with Gasteiger partial charge in [0.2, 0.25) is 21.8 Å². The lowest BCUT2D eigenvalue weighted by atomic mass is 10.0. The molecule has 0 saturated carbocycles. The van der Waals surface area contributed by atoms with Crippen molar-refractivity contribution in [2.24, 2.45) is 0 Å². The number of alkyl halides is 3. The van der Waals surface area contributed by atoms with Crippen LogP contribution in [0, 0.1) is 5.82 Å². The first-order valence-electron chi connectivity index (χ1n) is 12.4. The Morgan fingerprint density at radius 1 is 0.976 bits per heavy atom. The maximum atomic E-state index is 13.9.